The van der Waals surface area contributed by atoms with E-state index in [9.17, 15) is 4.79 Å². The molecule has 154 valence electrons. The first-order valence-corrected chi connectivity index (χ1v) is 11.4. The van der Waals surface area contributed by atoms with Crippen molar-refractivity contribution in [1.82, 2.24) is 4.90 Å². The van der Waals surface area contributed by atoms with E-state index in [2.05, 4.69) is 18.8 Å². The maximum Gasteiger partial charge on any atom is 0.266 e. The second-order valence-corrected chi connectivity index (χ2v) is 8.59. The van der Waals surface area contributed by atoms with Gasteiger partial charge in [0.2, 0.25) is 0 Å². The smallest absolute Gasteiger partial charge is 0.266 e. The maximum atomic E-state index is 12.9. The number of unbranched alkanes of at least 4 members (excludes halogenated alkanes) is 2. The molecule has 1 aromatic heterocycles. The Labute approximate surface area is 186 Å². The highest BCUT2D eigenvalue weighted by molar-refractivity contribution is 8.18. The molecule has 0 atom stereocenters. The molecule has 0 aliphatic carbocycles. The van der Waals surface area contributed by atoms with Crippen molar-refractivity contribution in [3.8, 4) is 11.3 Å². The summed E-state index contributed by atoms with van der Waals surface area (Å²) in [6.45, 7) is 5.68. The SMILES string of the molecule is CCCCN=C1S/C(=C/c2ccc(-c3ccc(Cl)c(Cl)c3)o2)C(=O)N1CCCC. The van der Waals surface area contributed by atoms with Gasteiger partial charge in [-0.25, -0.2) is 0 Å². The molecular weight excluding hydrogens is 427 g/mol. The Morgan fingerprint density at radius 3 is 2.62 bits per heavy atom. The zero-order valence-electron chi connectivity index (χ0n) is 16.6. The fourth-order valence-corrected chi connectivity index (χ4v) is 4.14. The Morgan fingerprint density at radius 2 is 1.90 bits per heavy atom. The van der Waals surface area contributed by atoms with Crippen molar-refractivity contribution in [2.45, 2.75) is 39.5 Å². The lowest BCUT2D eigenvalue weighted by atomic mass is 10.2. The topological polar surface area (TPSA) is 45.8 Å². The van der Waals surface area contributed by atoms with Gasteiger partial charge < -0.3 is 4.42 Å². The number of nitrogens with zero attached hydrogens (tertiary/aromatic N) is 2. The van der Waals surface area contributed by atoms with Gasteiger partial charge in [0, 0.05) is 24.7 Å². The van der Waals surface area contributed by atoms with E-state index < -0.39 is 0 Å². The van der Waals surface area contributed by atoms with Crippen molar-refractivity contribution in [3.05, 3.63) is 51.0 Å². The number of carbonyl (C=O) groups is 1. The van der Waals surface area contributed by atoms with E-state index in [0.29, 0.717) is 33.0 Å². The second kappa shape index (κ2) is 10.4. The number of aliphatic imine (C=N–C) groups is 1. The first-order valence-electron chi connectivity index (χ1n) is 9.84. The van der Waals surface area contributed by atoms with Gasteiger partial charge in [-0.15, -0.1) is 0 Å². The van der Waals surface area contributed by atoms with Crippen LogP contribution in [0.1, 0.15) is 45.3 Å². The summed E-state index contributed by atoms with van der Waals surface area (Å²) in [5.41, 5.74) is 0.834. The summed E-state index contributed by atoms with van der Waals surface area (Å²) in [6, 6.07) is 9.06. The Hall–Kier alpha value is -1.69. The lowest BCUT2D eigenvalue weighted by Gasteiger charge is -2.14. The molecule has 1 saturated heterocycles. The number of halogens is 2. The summed E-state index contributed by atoms with van der Waals surface area (Å²) >= 11 is 13.5. The number of hydrogen-bond donors (Lipinski definition) is 0. The molecule has 1 fully saturated rings. The van der Waals surface area contributed by atoms with E-state index in [1.807, 2.05) is 18.2 Å². The van der Waals surface area contributed by atoms with Gasteiger partial charge in [-0.3, -0.25) is 14.7 Å². The standard InChI is InChI=1S/C22H24Cl2N2O2S/c1-3-5-11-25-22-26(12-6-4-2)21(27)20(29-22)14-16-8-10-19(28-16)15-7-9-17(23)18(24)13-15/h7-10,13-14H,3-6,11-12H2,1-2H3/b20-14+,25-22?. The summed E-state index contributed by atoms with van der Waals surface area (Å²) in [7, 11) is 0. The number of amides is 1. The third-order valence-electron chi connectivity index (χ3n) is 4.49. The lowest BCUT2D eigenvalue weighted by molar-refractivity contribution is -0.122. The Balaban J connectivity index is 1.82. The van der Waals surface area contributed by atoms with Crippen LogP contribution in [-0.4, -0.2) is 29.1 Å². The van der Waals surface area contributed by atoms with Crippen LogP contribution in [0, 0.1) is 0 Å². The Kier molecular flexibility index (Phi) is 7.87. The zero-order chi connectivity index (χ0) is 20.8. The van der Waals surface area contributed by atoms with Gasteiger partial charge in [-0.1, -0.05) is 49.9 Å². The van der Waals surface area contributed by atoms with Crippen LogP contribution in [0.3, 0.4) is 0 Å². The fraction of sp³-hybridized carbons (Fsp3) is 0.364. The number of benzene rings is 1. The monoisotopic (exact) mass is 450 g/mol. The first-order chi connectivity index (χ1) is 14.0. The minimum Gasteiger partial charge on any atom is -0.457 e. The summed E-state index contributed by atoms with van der Waals surface area (Å²) < 4.78 is 5.92. The highest BCUT2D eigenvalue weighted by Gasteiger charge is 2.32. The van der Waals surface area contributed by atoms with Gasteiger partial charge >= 0.3 is 0 Å². The summed E-state index contributed by atoms with van der Waals surface area (Å²) in [5, 5.41) is 1.76. The normalized spacial score (nSPS) is 17.1. The van der Waals surface area contributed by atoms with Gasteiger partial charge in [0.15, 0.2) is 5.17 Å². The van der Waals surface area contributed by atoms with Gasteiger partial charge in [0.05, 0.1) is 15.0 Å². The molecule has 4 nitrogen and oxygen atoms in total. The third kappa shape index (κ3) is 5.47. The lowest BCUT2D eigenvalue weighted by Crippen LogP contribution is -2.30. The van der Waals surface area contributed by atoms with Gasteiger partial charge in [0.1, 0.15) is 11.5 Å². The van der Waals surface area contributed by atoms with E-state index in [1.165, 1.54) is 11.8 Å². The van der Waals surface area contributed by atoms with Crippen LogP contribution in [0.4, 0.5) is 0 Å². The summed E-state index contributed by atoms with van der Waals surface area (Å²) in [6.07, 6.45) is 5.87. The van der Waals surface area contributed by atoms with Gasteiger partial charge in [0.25, 0.3) is 5.91 Å². The number of thioether (sulfide) groups is 1. The van der Waals surface area contributed by atoms with Crippen LogP contribution in [0.15, 0.2) is 44.6 Å². The predicted octanol–water partition coefficient (Wildman–Crippen LogP) is 7.13. The van der Waals surface area contributed by atoms with Crippen molar-refractivity contribution in [2.24, 2.45) is 4.99 Å². The molecule has 2 heterocycles. The van der Waals surface area contributed by atoms with Crippen LogP contribution in [0.25, 0.3) is 17.4 Å². The van der Waals surface area contributed by atoms with Crippen molar-refractivity contribution >= 4 is 52.1 Å². The maximum absolute atomic E-state index is 12.9. The highest BCUT2D eigenvalue weighted by Crippen LogP contribution is 2.34. The predicted molar refractivity (Wildman–Crippen MR) is 124 cm³/mol. The average Bonchev–Trinajstić information content (AvgIpc) is 3.28. The van der Waals surface area contributed by atoms with Crippen LogP contribution < -0.4 is 0 Å². The van der Waals surface area contributed by atoms with E-state index >= 15 is 0 Å². The van der Waals surface area contributed by atoms with Crippen LogP contribution in [0.2, 0.25) is 10.0 Å². The Bertz CT molecular complexity index is 937. The van der Waals surface area contributed by atoms with Gasteiger partial charge in [-0.05, 0) is 54.9 Å². The molecule has 0 saturated carbocycles. The Morgan fingerprint density at radius 1 is 1.10 bits per heavy atom. The molecule has 0 bridgehead atoms. The minimum atomic E-state index is -0.00816. The quantitative estimate of drug-likeness (QED) is 0.317. The van der Waals surface area contributed by atoms with Crippen molar-refractivity contribution in [2.75, 3.05) is 13.1 Å². The number of hydrogen-bond acceptors (Lipinski definition) is 4. The third-order valence-corrected chi connectivity index (χ3v) is 6.27. The highest BCUT2D eigenvalue weighted by atomic mass is 35.5. The van der Waals surface area contributed by atoms with Gasteiger partial charge in [-0.2, -0.15) is 0 Å². The molecule has 1 aliphatic heterocycles. The molecule has 1 amide bonds. The number of amidine groups is 1. The van der Waals surface area contributed by atoms with E-state index in [0.717, 1.165) is 43.0 Å². The molecule has 7 heteroatoms. The minimum absolute atomic E-state index is 0.00816. The molecule has 0 radical (unpaired) electrons. The fourth-order valence-electron chi connectivity index (χ4n) is 2.84. The number of carbonyl (C=O) groups excluding carboxylic acids is 1. The second-order valence-electron chi connectivity index (χ2n) is 6.77. The molecule has 29 heavy (non-hydrogen) atoms. The van der Waals surface area contributed by atoms with E-state index in [4.69, 9.17) is 27.6 Å². The van der Waals surface area contributed by atoms with Crippen molar-refractivity contribution in [3.63, 3.8) is 0 Å². The molecule has 0 N–H and O–H groups in total. The number of furan rings is 1. The van der Waals surface area contributed by atoms with E-state index in [-0.39, 0.29) is 5.91 Å². The van der Waals surface area contributed by atoms with Crippen molar-refractivity contribution < 1.29 is 9.21 Å². The molecule has 0 spiro atoms. The van der Waals surface area contributed by atoms with Crippen LogP contribution in [-0.2, 0) is 4.79 Å². The zero-order valence-corrected chi connectivity index (χ0v) is 18.9. The van der Waals surface area contributed by atoms with Crippen LogP contribution in [0.5, 0.6) is 0 Å². The van der Waals surface area contributed by atoms with Crippen LogP contribution >= 0.6 is 35.0 Å². The van der Waals surface area contributed by atoms with E-state index in [1.54, 1.807) is 23.1 Å². The number of rotatable bonds is 8. The van der Waals surface area contributed by atoms with Crippen molar-refractivity contribution in [1.29, 1.82) is 0 Å². The largest absolute Gasteiger partial charge is 0.457 e. The molecule has 1 aromatic carbocycles. The molecule has 3 rings (SSSR count). The summed E-state index contributed by atoms with van der Waals surface area (Å²) in [4.78, 5) is 20.0. The summed E-state index contributed by atoms with van der Waals surface area (Å²) in [5.74, 6) is 1.28. The molecular formula is C22H24Cl2N2O2S. The molecule has 1 aliphatic rings. The first kappa shape index (κ1) is 22.0. The average molecular weight is 451 g/mol. The molecule has 2 aromatic rings. The molecule has 0 unspecified atom stereocenters.